The maximum absolute atomic E-state index is 10.7. The summed E-state index contributed by atoms with van der Waals surface area (Å²) in [4.78, 5) is 10.7. The lowest BCUT2D eigenvalue weighted by Gasteiger charge is -2.11. The van der Waals surface area contributed by atoms with E-state index in [-0.39, 0.29) is 0 Å². The second-order valence-electron chi connectivity index (χ2n) is 3.02. The van der Waals surface area contributed by atoms with E-state index in [0.29, 0.717) is 5.92 Å². The van der Waals surface area contributed by atoms with E-state index in [1.165, 1.54) is 20.0 Å². The van der Waals surface area contributed by atoms with Crippen molar-refractivity contribution >= 4 is 6.09 Å². The molecule has 1 N–H and O–H groups in total. The summed E-state index contributed by atoms with van der Waals surface area (Å²) in [5, 5.41) is 2.50. The highest BCUT2D eigenvalue weighted by Gasteiger charge is 2.03. The van der Waals surface area contributed by atoms with Crippen LogP contribution < -0.4 is 5.32 Å². The van der Waals surface area contributed by atoms with Crippen molar-refractivity contribution in [3.8, 4) is 0 Å². The minimum Gasteiger partial charge on any atom is -0.453 e. The van der Waals surface area contributed by atoms with Gasteiger partial charge in [-0.1, -0.05) is 18.2 Å². The lowest BCUT2D eigenvalue weighted by molar-refractivity contribution is 0.175. The zero-order chi connectivity index (χ0) is 9.52. The topological polar surface area (TPSA) is 38.3 Å². The van der Waals surface area contributed by atoms with Gasteiger partial charge in [0.25, 0.3) is 0 Å². The summed E-state index contributed by atoms with van der Waals surface area (Å²) in [6.45, 7) is 0. The first-order chi connectivity index (χ1) is 6.33. The molecular weight excluding hydrogens is 166 g/mol. The van der Waals surface area contributed by atoms with Gasteiger partial charge in [0, 0.05) is 6.20 Å². The van der Waals surface area contributed by atoms with Gasteiger partial charge in [0.1, 0.15) is 0 Å². The normalized spacial score (nSPS) is 21.8. The lowest BCUT2D eigenvalue weighted by Crippen LogP contribution is -2.16. The smallest absolute Gasteiger partial charge is 0.410 e. The Labute approximate surface area is 78.5 Å². The molecule has 0 spiro atoms. The third-order valence-corrected chi connectivity index (χ3v) is 2.02. The number of rotatable bonds is 2. The van der Waals surface area contributed by atoms with E-state index in [2.05, 4.69) is 22.2 Å². The number of methoxy groups -OCH3 is 1. The number of hydrogen-bond donors (Lipinski definition) is 1. The Hall–Kier alpha value is -1.25. The van der Waals surface area contributed by atoms with Crippen LogP contribution in [-0.4, -0.2) is 13.2 Å². The second-order valence-corrected chi connectivity index (χ2v) is 3.02. The second kappa shape index (κ2) is 5.41. The highest BCUT2D eigenvalue weighted by atomic mass is 16.5. The molecule has 0 fully saturated rings. The molecule has 0 aromatic heterocycles. The van der Waals surface area contributed by atoms with Gasteiger partial charge in [0.15, 0.2) is 0 Å². The van der Waals surface area contributed by atoms with Gasteiger partial charge < -0.3 is 4.74 Å². The van der Waals surface area contributed by atoms with E-state index in [9.17, 15) is 4.79 Å². The molecule has 0 saturated carbocycles. The first kappa shape index (κ1) is 9.84. The SMILES string of the molecule is COC(=O)N/C=C\C1C=CCCC1. The van der Waals surface area contributed by atoms with Gasteiger partial charge in [-0.3, -0.25) is 5.32 Å². The number of carbonyl (C=O) groups excluding carboxylic acids is 1. The van der Waals surface area contributed by atoms with Crippen molar-refractivity contribution in [2.75, 3.05) is 7.11 Å². The fourth-order valence-corrected chi connectivity index (χ4v) is 1.30. The van der Waals surface area contributed by atoms with Gasteiger partial charge in [0.2, 0.25) is 0 Å². The zero-order valence-electron chi connectivity index (χ0n) is 7.82. The molecule has 3 heteroatoms. The monoisotopic (exact) mass is 181 g/mol. The van der Waals surface area contributed by atoms with E-state index in [0.717, 1.165) is 6.42 Å². The van der Waals surface area contributed by atoms with E-state index in [1.807, 2.05) is 6.08 Å². The summed E-state index contributed by atoms with van der Waals surface area (Å²) >= 11 is 0. The average Bonchev–Trinajstić information content (AvgIpc) is 2.19. The molecule has 1 amide bonds. The predicted octanol–water partition coefficient (Wildman–Crippen LogP) is 2.21. The van der Waals surface area contributed by atoms with Crippen molar-refractivity contribution in [3.63, 3.8) is 0 Å². The van der Waals surface area contributed by atoms with E-state index >= 15 is 0 Å². The molecule has 13 heavy (non-hydrogen) atoms. The predicted molar refractivity (Wildman–Crippen MR) is 51.2 cm³/mol. The highest BCUT2D eigenvalue weighted by molar-refractivity contribution is 5.68. The molecule has 0 saturated heterocycles. The molecule has 1 rings (SSSR count). The molecule has 0 bridgehead atoms. The number of ether oxygens (including phenoxy) is 1. The van der Waals surface area contributed by atoms with E-state index in [4.69, 9.17) is 0 Å². The first-order valence-corrected chi connectivity index (χ1v) is 4.51. The molecule has 0 radical (unpaired) electrons. The molecule has 0 aromatic rings. The molecule has 1 unspecified atom stereocenters. The van der Waals surface area contributed by atoms with Gasteiger partial charge in [0.05, 0.1) is 7.11 Å². The molecule has 1 aliphatic carbocycles. The number of carbonyl (C=O) groups is 1. The molecule has 1 atom stereocenters. The van der Waals surface area contributed by atoms with Crippen molar-refractivity contribution in [2.45, 2.75) is 19.3 Å². The number of alkyl carbamates (subject to hydrolysis) is 1. The fraction of sp³-hybridized carbons (Fsp3) is 0.500. The van der Waals surface area contributed by atoms with Gasteiger partial charge in [-0.25, -0.2) is 4.79 Å². The largest absolute Gasteiger partial charge is 0.453 e. The van der Waals surface area contributed by atoms with Crippen LogP contribution in [0.1, 0.15) is 19.3 Å². The number of amides is 1. The Bertz CT molecular complexity index is 221. The van der Waals surface area contributed by atoms with Crippen molar-refractivity contribution in [1.82, 2.24) is 5.32 Å². The van der Waals surface area contributed by atoms with Gasteiger partial charge >= 0.3 is 6.09 Å². The lowest BCUT2D eigenvalue weighted by atomic mass is 9.96. The molecule has 0 aliphatic heterocycles. The van der Waals surface area contributed by atoms with Crippen LogP contribution in [0.2, 0.25) is 0 Å². The fourth-order valence-electron chi connectivity index (χ4n) is 1.30. The summed E-state index contributed by atoms with van der Waals surface area (Å²) in [5.41, 5.74) is 0. The van der Waals surface area contributed by atoms with Gasteiger partial charge in [-0.2, -0.15) is 0 Å². The number of allylic oxidation sites excluding steroid dienone is 3. The maximum atomic E-state index is 10.7. The molecule has 0 aromatic carbocycles. The van der Waals surface area contributed by atoms with E-state index < -0.39 is 6.09 Å². The van der Waals surface area contributed by atoms with Crippen LogP contribution in [0.5, 0.6) is 0 Å². The van der Waals surface area contributed by atoms with Crippen LogP contribution in [-0.2, 0) is 4.74 Å². The van der Waals surface area contributed by atoms with E-state index in [1.54, 1.807) is 6.20 Å². The highest BCUT2D eigenvalue weighted by Crippen LogP contribution is 2.17. The molecule has 1 aliphatic rings. The summed E-state index contributed by atoms with van der Waals surface area (Å²) in [7, 11) is 1.35. The summed E-state index contributed by atoms with van der Waals surface area (Å²) in [5.74, 6) is 0.464. The van der Waals surface area contributed by atoms with Crippen LogP contribution in [0.3, 0.4) is 0 Å². The van der Waals surface area contributed by atoms with Crippen molar-refractivity contribution < 1.29 is 9.53 Å². The van der Waals surface area contributed by atoms with Gasteiger partial charge in [-0.05, 0) is 25.2 Å². The Kier molecular flexibility index (Phi) is 4.09. The quantitative estimate of drug-likeness (QED) is 0.663. The molecule has 72 valence electrons. The average molecular weight is 181 g/mol. The minimum absolute atomic E-state index is 0.420. The summed E-state index contributed by atoms with van der Waals surface area (Å²) in [6, 6.07) is 0. The van der Waals surface area contributed by atoms with Crippen LogP contribution in [0.4, 0.5) is 4.79 Å². The Morgan fingerprint density at radius 2 is 2.54 bits per heavy atom. The number of hydrogen-bond acceptors (Lipinski definition) is 2. The van der Waals surface area contributed by atoms with Crippen LogP contribution in [0, 0.1) is 5.92 Å². The molecule has 3 nitrogen and oxygen atoms in total. The van der Waals surface area contributed by atoms with Crippen molar-refractivity contribution in [1.29, 1.82) is 0 Å². The van der Waals surface area contributed by atoms with Gasteiger partial charge in [-0.15, -0.1) is 0 Å². The first-order valence-electron chi connectivity index (χ1n) is 4.51. The molecular formula is C10H15NO2. The zero-order valence-corrected chi connectivity index (χ0v) is 7.82. The van der Waals surface area contributed by atoms with Crippen molar-refractivity contribution in [3.05, 3.63) is 24.4 Å². The van der Waals surface area contributed by atoms with Crippen molar-refractivity contribution in [2.24, 2.45) is 5.92 Å². The van der Waals surface area contributed by atoms with Crippen LogP contribution in [0.25, 0.3) is 0 Å². The maximum Gasteiger partial charge on any atom is 0.410 e. The number of nitrogens with one attached hydrogen (secondary N) is 1. The Morgan fingerprint density at radius 3 is 3.15 bits per heavy atom. The standard InChI is InChI=1S/C10H15NO2/c1-13-10(12)11-8-7-9-5-3-2-4-6-9/h3,5,7-9H,2,4,6H2,1H3,(H,11,12)/b8-7-. The Balaban J connectivity index is 2.26. The third-order valence-electron chi connectivity index (χ3n) is 2.02. The molecule has 0 heterocycles. The third kappa shape index (κ3) is 3.78. The van der Waals surface area contributed by atoms with Crippen LogP contribution in [0.15, 0.2) is 24.4 Å². The summed E-state index contributed by atoms with van der Waals surface area (Å²) in [6.07, 6.45) is 11.1. The minimum atomic E-state index is -0.420. The van der Waals surface area contributed by atoms with Crippen LogP contribution >= 0.6 is 0 Å². The summed E-state index contributed by atoms with van der Waals surface area (Å²) < 4.78 is 4.42. The Morgan fingerprint density at radius 1 is 1.69 bits per heavy atom.